The molecule has 3 aromatic rings. The number of sulfonamides is 1. The van der Waals surface area contributed by atoms with Crippen LogP contribution in [0.4, 0.5) is 4.39 Å². The summed E-state index contributed by atoms with van der Waals surface area (Å²) in [5.41, 5.74) is 1.29. The van der Waals surface area contributed by atoms with Gasteiger partial charge in [0, 0.05) is 51.8 Å². The highest BCUT2D eigenvalue weighted by Gasteiger charge is 2.38. The summed E-state index contributed by atoms with van der Waals surface area (Å²) in [5, 5.41) is 5.54. The van der Waals surface area contributed by atoms with Crippen molar-refractivity contribution in [1.29, 1.82) is 0 Å². The third-order valence-electron chi connectivity index (χ3n) is 7.08. The molecule has 0 saturated carbocycles. The van der Waals surface area contributed by atoms with Gasteiger partial charge in [-0.15, -0.1) is 0 Å². The number of nitrogens with one attached hydrogen (secondary N) is 2. The minimum absolute atomic E-state index is 0.0882. The summed E-state index contributed by atoms with van der Waals surface area (Å²) in [5.74, 6) is -0.353. The van der Waals surface area contributed by atoms with E-state index < -0.39 is 33.9 Å². The second-order valence-corrected chi connectivity index (χ2v) is 12.1. The quantitative estimate of drug-likeness (QED) is 0.461. The maximum atomic E-state index is 14.5. The number of methoxy groups -OCH3 is 1. The zero-order valence-corrected chi connectivity index (χ0v) is 24.0. The Morgan fingerprint density at radius 2 is 1.93 bits per heavy atom. The van der Waals surface area contributed by atoms with Crippen LogP contribution in [0.1, 0.15) is 24.0 Å². The number of nitrogens with zero attached hydrogens (tertiary/aromatic N) is 3. The molecule has 0 aliphatic carbocycles. The molecular formula is C28H32FN5O7S. The summed E-state index contributed by atoms with van der Waals surface area (Å²) in [6.07, 6.45) is 2.91. The standard InChI is InChI=1S/C28H32FN5O7S/c1-33-15-28(31-17-33)42(37,38)34-8-7-23-22(14-34)32-27(36)16-40-25-11-18(3-5-24(25)39-2)4-6-26(35)30-13-19-9-20(29)12-21(10-19)41-23/h3,5,9-12,15,17,22-23H,4,6-8,13-14,16H2,1-2H3,(H,30,35)(H,32,36)/t22-,23-/m1/s1. The van der Waals surface area contributed by atoms with Crippen LogP contribution in [0.3, 0.4) is 0 Å². The average molecular weight is 602 g/mol. The molecule has 2 aromatic carbocycles. The van der Waals surface area contributed by atoms with Crippen LogP contribution in [0.5, 0.6) is 17.2 Å². The van der Waals surface area contributed by atoms with Crippen molar-refractivity contribution in [2.75, 3.05) is 26.8 Å². The van der Waals surface area contributed by atoms with Crippen LogP contribution >= 0.6 is 0 Å². The lowest BCUT2D eigenvalue weighted by Gasteiger charge is -2.37. The number of piperidine rings is 1. The minimum Gasteiger partial charge on any atom is -0.493 e. The van der Waals surface area contributed by atoms with Crippen molar-refractivity contribution in [3.63, 3.8) is 0 Å². The lowest BCUT2D eigenvalue weighted by Crippen LogP contribution is -2.58. The number of benzene rings is 2. The Morgan fingerprint density at radius 3 is 2.69 bits per heavy atom. The van der Waals surface area contributed by atoms with Crippen LogP contribution in [-0.2, 0) is 39.6 Å². The van der Waals surface area contributed by atoms with Crippen molar-refractivity contribution in [2.24, 2.45) is 7.05 Å². The van der Waals surface area contributed by atoms with E-state index in [-0.39, 0.29) is 55.8 Å². The predicted octanol–water partition coefficient (Wildman–Crippen LogP) is 1.54. The van der Waals surface area contributed by atoms with Crippen LogP contribution in [-0.4, -0.2) is 73.0 Å². The molecule has 3 heterocycles. The fourth-order valence-corrected chi connectivity index (χ4v) is 6.39. The highest BCUT2D eigenvalue weighted by atomic mass is 32.2. The topological polar surface area (TPSA) is 141 Å². The Morgan fingerprint density at radius 1 is 1.10 bits per heavy atom. The van der Waals surface area contributed by atoms with E-state index in [4.69, 9.17) is 14.2 Å². The molecule has 224 valence electrons. The van der Waals surface area contributed by atoms with Crippen molar-refractivity contribution in [1.82, 2.24) is 24.5 Å². The van der Waals surface area contributed by atoms with Gasteiger partial charge >= 0.3 is 0 Å². The van der Waals surface area contributed by atoms with Crippen LogP contribution < -0.4 is 24.8 Å². The lowest BCUT2D eigenvalue weighted by molar-refractivity contribution is -0.125. The Kier molecular flexibility index (Phi) is 8.64. The number of aromatic nitrogens is 2. The van der Waals surface area contributed by atoms with Gasteiger partial charge in [-0.1, -0.05) is 6.07 Å². The van der Waals surface area contributed by atoms with E-state index in [0.717, 1.165) is 5.56 Å². The van der Waals surface area contributed by atoms with Crippen molar-refractivity contribution in [3.8, 4) is 17.2 Å². The van der Waals surface area contributed by atoms with Gasteiger partial charge in [-0.2, -0.15) is 4.31 Å². The highest BCUT2D eigenvalue weighted by Crippen LogP contribution is 2.29. The lowest BCUT2D eigenvalue weighted by atomic mass is 10.0. The number of carbonyl (C=O) groups excluding carboxylic acids is 2. The van der Waals surface area contributed by atoms with E-state index in [1.807, 2.05) is 0 Å². The Balaban J connectivity index is 1.44. The summed E-state index contributed by atoms with van der Waals surface area (Å²) < 4.78 is 61.2. The monoisotopic (exact) mass is 601 g/mol. The van der Waals surface area contributed by atoms with E-state index in [9.17, 15) is 22.4 Å². The SMILES string of the molecule is COc1ccc2cc1OCC(=O)N[C@@H]1CN(S(=O)(=O)c3cn(C)cn3)CC[C@H]1Oc1cc(F)cc(c1)CNC(=O)CC2. The molecule has 2 aliphatic rings. The number of amides is 2. The first-order chi connectivity index (χ1) is 20.1. The third kappa shape index (κ3) is 6.82. The van der Waals surface area contributed by atoms with Crippen molar-refractivity contribution in [3.05, 3.63) is 65.9 Å². The molecule has 4 bridgehead atoms. The summed E-state index contributed by atoms with van der Waals surface area (Å²) in [4.78, 5) is 29.6. The molecule has 2 amide bonds. The van der Waals surface area contributed by atoms with Gasteiger partial charge in [0.1, 0.15) is 17.7 Å². The first kappa shape index (κ1) is 29.3. The van der Waals surface area contributed by atoms with Crippen LogP contribution in [0.15, 0.2) is 53.9 Å². The molecule has 0 unspecified atom stereocenters. The molecule has 5 rings (SSSR count). The molecule has 12 nitrogen and oxygen atoms in total. The van der Waals surface area contributed by atoms with Gasteiger partial charge in [-0.3, -0.25) is 9.59 Å². The van der Waals surface area contributed by atoms with Gasteiger partial charge in [0.05, 0.1) is 19.5 Å². The normalized spacial score (nSPS) is 20.5. The van der Waals surface area contributed by atoms with E-state index >= 15 is 0 Å². The fraction of sp³-hybridized carbons (Fsp3) is 0.393. The number of rotatable bonds is 3. The number of halogens is 1. The molecule has 42 heavy (non-hydrogen) atoms. The fourth-order valence-electron chi connectivity index (χ4n) is 4.95. The second-order valence-electron chi connectivity index (χ2n) is 10.2. The van der Waals surface area contributed by atoms with E-state index in [1.54, 1.807) is 31.3 Å². The van der Waals surface area contributed by atoms with Crippen molar-refractivity contribution < 1.29 is 36.6 Å². The smallest absolute Gasteiger partial charge is 0.262 e. The third-order valence-corrected chi connectivity index (χ3v) is 8.83. The Bertz CT molecular complexity index is 1580. The first-order valence-corrected chi connectivity index (χ1v) is 14.8. The van der Waals surface area contributed by atoms with Gasteiger partial charge < -0.3 is 29.4 Å². The largest absolute Gasteiger partial charge is 0.493 e. The molecule has 0 radical (unpaired) electrons. The van der Waals surface area contributed by atoms with E-state index in [0.29, 0.717) is 23.5 Å². The number of fused-ring (bicyclic) bond motifs is 5. The molecule has 2 atom stereocenters. The number of ether oxygens (including phenoxy) is 3. The zero-order chi connectivity index (χ0) is 29.9. The number of carbonyl (C=O) groups is 2. The highest BCUT2D eigenvalue weighted by molar-refractivity contribution is 7.89. The maximum Gasteiger partial charge on any atom is 0.262 e. The van der Waals surface area contributed by atoms with Gasteiger partial charge in [0.15, 0.2) is 23.1 Å². The molecule has 1 fully saturated rings. The molecule has 1 aromatic heterocycles. The molecule has 0 spiro atoms. The van der Waals surface area contributed by atoms with Gasteiger partial charge in [0.25, 0.3) is 15.9 Å². The summed E-state index contributed by atoms with van der Waals surface area (Å²) >= 11 is 0. The Hall–Kier alpha value is -4.17. The van der Waals surface area contributed by atoms with E-state index in [1.165, 1.54) is 40.6 Å². The average Bonchev–Trinajstić information content (AvgIpc) is 3.41. The Labute approximate surface area is 242 Å². The molecule has 2 N–H and O–H groups in total. The van der Waals surface area contributed by atoms with Crippen LogP contribution in [0, 0.1) is 5.82 Å². The van der Waals surface area contributed by atoms with Gasteiger partial charge in [-0.05, 0) is 41.8 Å². The number of aryl methyl sites for hydroxylation is 2. The summed E-state index contributed by atoms with van der Waals surface area (Å²) in [6.45, 7) is -0.313. The van der Waals surface area contributed by atoms with E-state index in [2.05, 4.69) is 15.6 Å². The zero-order valence-electron chi connectivity index (χ0n) is 23.2. The van der Waals surface area contributed by atoms with Crippen molar-refractivity contribution >= 4 is 21.8 Å². The minimum atomic E-state index is -3.95. The van der Waals surface area contributed by atoms with Gasteiger partial charge in [0.2, 0.25) is 5.91 Å². The molecule has 1 saturated heterocycles. The van der Waals surface area contributed by atoms with Crippen molar-refractivity contribution in [2.45, 2.75) is 43.0 Å². The van der Waals surface area contributed by atoms with Crippen LogP contribution in [0.25, 0.3) is 0 Å². The number of hydrogen-bond acceptors (Lipinski definition) is 8. The first-order valence-electron chi connectivity index (χ1n) is 13.4. The second kappa shape index (κ2) is 12.4. The van der Waals surface area contributed by atoms with Crippen LogP contribution in [0.2, 0.25) is 0 Å². The van der Waals surface area contributed by atoms with Gasteiger partial charge in [-0.25, -0.2) is 17.8 Å². The molecule has 14 heteroatoms. The number of imidazole rings is 1. The summed E-state index contributed by atoms with van der Waals surface area (Å²) in [7, 11) is -0.805. The molecule has 2 aliphatic heterocycles. The number of hydrogen-bond donors (Lipinski definition) is 2. The maximum absolute atomic E-state index is 14.5. The summed E-state index contributed by atoms with van der Waals surface area (Å²) in [6, 6.07) is 8.53. The predicted molar refractivity (Wildman–Crippen MR) is 148 cm³/mol. The molecular weight excluding hydrogens is 569 g/mol.